The summed E-state index contributed by atoms with van der Waals surface area (Å²) >= 11 is 0. The van der Waals surface area contributed by atoms with E-state index in [1.165, 1.54) is 0 Å². The highest BCUT2D eigenvalue weighted by Crippen LogP contribution is 2.22. The summed E-state index contributed by atoms with van der Waals surface area (Å²) in [6.07, 6.45) is -4.63. The molecule has 7 nitrogen and oxygen atoms in total. The number of alkyl halides is 3. The maximum atomic E-state index is 12.9. The van der Waals surface area contributed by atoms with Gasteiger partial charge in [-0.05, 0) is 18.8 Å². The van der Waals surface area contributed by atoms with Gasteiger partial charge in [0.15, 0.2) is 0 Å². The molecule has 0 spiro atoms. The van der Waals surface area contributed by atoms with Crippen molar-refractivity contribution in [2.75, 3.05) is 44.3 Å². The molecular formula is C19H29F3N4O3. The summed E-state index contributed by atoms with van der Waals surface area (Å²) in [5.74, 6) is -0.189. The molecular weight excluding hydrogens is 389 g/mol. The fourth-order valence-corrected chi connectivity index (χ4v) is 3.23. The number of nitrogens with one attached hydrogen (secondary N) is 1. The molecule has 0 aliphatic carbocycles. The summed E-state index contributed by atoms with van der Waals surface area (Å²) in [5, 5.41) is 0. The molecule has 0 saturated carbocycles. The van der Waals surface area contributed by atoms with Crippen LogP contribution in [0.3, 0.4) is 0 Å². The lowest BCUT2D eigenvalue weighted by Crippen LogP contribution is -2.43. The molecule has 2 heterocycles. The smallest absolute Gasteiger partial charge is 0.378 e. The Morgan fingerprint density at radius 3 is 2.34 bits per heavy atom. The van der Waals surface area contributed by atoms with Crippen LogP contribution in [-0.2, 0) is 16.0 Å². The van der Waals surface area contributed by atoms with Gasteiger partial charge in [-0.1, -0.05) is 20.8 Å². The summed E-state index contributed by atoms with van der Waals surface area (Å²) in [6.45, 7) is 7.97. The van der Waals surface area contributed by atoms with Crippen molar-refractivity contribution in [3.63, 3.8) is 0 Å². The van der Waals surface area contributed by atoms with Gasteiger partial charge in [0.05, 0.1) is 13.2 Å². The number of hydrogen-bond donors (Lipinski definition) is 1. The van der Waals surface area contributed by atoms with Gasteiger partial charge in [0, 0.05) is 37.3 Å². The lowest BCUT2D eigenvalue weighted by molar-refractivity contribution is -0.163. The van der Waals surface area contributed by atoms with E-state index in [1.54, 1.807) is 27.7 Å². The molecule has 1 aliphatic rings. The maximum absolute atomic E-state index is 12.9. The normalized spacial score (nSPS) is 15.5. The minimum absolute atomic E-state index is 0.0189. The quantitative estimate of drug-likeness (QED) is 0.767. The van der Waals surface area contributed by atoms with Crippen molar-refractivity contribution in [2.45, 2.75) is 46.7 Å². The second-order valence-corrected chi connectivity index (χ2v) is 8.48. The SMILES string of the molecule is Cc1nc(N2CCOCC2)[nH]c(=O)c1CCC(=O)N(CC(C)(C)C)CC(F)(F)F. The fourth-order valence-electron chi connectivity index (χ4n) is 3.23. The van der Waals surface area contributed by atoms with Crippen LogP contribution in [0.4, 0.5) is 19.1 Å². The average Bonchev–Trinajstić information content (AvgIpc) is 2.58. The molecule has 0 atom stereocenters. The number of amides is 1. The zero-order chi connectivity index (χ0) is 21.8. The van der Waals surface area contributed by atoms with E-state index in [0.717, 1.165) is 4.90 Å². The molecule has 1 saturated heterocycles. The fraction of sp³-hybridized carbons (Fsp3) is 0.737. The van der Waals surface area contributed by atoms with Gasteiger partial charge in [0.2, 0.25) is 11.9 Å². The third kappa shape index (κ3) is 7.34. The van der Waals surface area contributed by atoms with Crippen LogP contribution < -0.4 is 10.5 Å². The summed E-state index contributed by atoms with van der Waals surface area (Å²) in [5.41, 5.74) is -0.0559. The molecule has 164 valence electrons. The number of aromatic amines is 1. The lowest BCUT2D eigenvalue weighted by atomic mass is 9.95. The third-order valence-electron chi connectivity index (χ3n) is 4.50. The molecule has 1 fully saturated rings. The van der Waals surface area contributed by atoms with E-state index in [1.807, 2.05) is 4.90 Å². The van der Waals surface area contributed by atoms with E-state index >= 15 is 0 Å². The Kier molecular flexibility index (Phi) is 7.31. The zero-order valence-electron chi connectivity index (χ0n) is 17.4. The van der Waals surface area contributed by atoms with Gasteiger partial charge in [0.1, 0.15) is 6.54 Å². The molecule has 1 aromatic rings. The Bertz CT molecular complexity index is 749. The predicted octanol–water partition coefficient (Wildman–Crippen LogP) is 2.28. The van der Waals surface area contributed by atoms with E-state index in [0.29, 0.717) is 43.5 Å². The molecule has 0 bridgehead atoms. The molecule has 0 aromatic carbocycles. The number of hydrogen-bond acceptors (Lipinski definition) is 5. The first-order valence-corrected chi connectivity index (χ1v) is 9.63. The van der Waals surface area contributed by atoms with Crippen molar-refractivity contribution < 1.29 is 22.7 Å². The zero-order valence-corrected chi connectivity index (χ0v) is 17.4. The first-order chi connectivity index (χ1) is 13.4. The number of halogens is 3. The molecule has 1 aromatic heterocycles. The van der Waals surface area contributed by atoms with Crippen molar-refractivity contribution in [2.24, 2.45) is 5.41 Å². The van der Waals surface area contributed by atoms with Gasteiger partial charge in [-0.25, -0.2) is 4.98 Å². The largest absolute Gasteiger partial charge is 0.406 e. The molecule has 0 unspecified atom stereocenters. The van der Waals surface area contributed by atoms with Crippen LogP contribution in [0.15, 0.2) is 4.79 Å². The maximum Gasteiger partial charge on any atom is 0.406 e. The molecule has 2 rings (SSSR count). The number of morpholine rings is 1. The summed E-state index contributed by atoms with van der Waals surface area (Å²) in [4.78, 5) is 34.8. The van der Waals surface area contributed by atoms with Crippen LogP contribution in [0.25, 0.3) is 0 Å². The first kappa shape index (κ1) is 23.2. The Morgan fingerprint density at radius 1 is 1.21 bits per heavy atom. The molecule has 1 aliphatic heterocycles. The highest BCUT2D eigenvalue weighted by molar-refractivity contribution is 5.76. The van der Waals surface area contributed by atoms with Crippen LogP contribution >= 0.6 is 0 Å². The lowest BCUT2D eigenvalue weighted by Gasteiger charge is -2.31. The number of aryl methyl sites for hydroxylation is 1. The van der Waals surface area contributed by atoms with Crippen molar-refractivity contribution >= 4 is 11.9 Å². The Hall–Kier alpha value is -2.10. The summed E-state index contributed by atoms with van der Waals surface area (Å²) < 4.78 is 43.9. The van der Waals surface area contributed by atoms with Crippen molar-refractivity contribution in [1.29, 1.82) is 0 Å². The van der Waals surface area contributed by atoms with Crippen molar-refractivity contribution in [1.82, 2.24) is 14.9 Å². The molecule has 1 N–H and O–H groups in total. The number of nitrogens with zero attached hydrogens (tertiary/aromatic N) is 3. The van der Waals surface area contributed by atoms with Crippen LogP contribution in [0.2, 0.25) is 0 Å². The van der Waals surface area contributed by atoms with Crippen LogP contribution in [0, 0.1) is 12.3 Å². The summed E-state index contributed by atoms with van der Waals surface area (Å²) in [7, 11) is 0. The second-order valence-electron chi connectivity index (χ2n) is 8.48. The summed E-state index contributed by atoms with van der Waals surface area (Å²) in [6, 6.07) is 0. The van der Waals surface area contributed by atoms with Crippen molar-refractivity contribution in [3.05, 3.63) is 21.6 Å². The number of rotatable bonds is 6. The van der Waals surface area contributed by atoms with Gasteiger partial charge >= 0.3 is 6.18 Å². The van der Waals surface area contributed by atoms with E-state index in [4.69, 9.17) is 4.74 Å². The Balaban J connectivity index is 2.10. The third-order valence-corrected chi connectivity index (χ3v) is 4.50. The number of ether oxygens (including phenoxy) is 1. The highest BCUT2D eigenvalue weighted by atomic mass is 19.4. The molecule has 1 amide bonds. The van der Waals surface area contributed by atoms with E-state index < -0.39 is 24.0 Å². The highest BCUT2D eigenvalue weighted by Gasteiger charge is 2.34. The van der Waals surface area contributed by atoms with Gasteiger partial charge in [-0.2, -0.15) is 13.2 Å². The number of aromatic nitrogens is 2. The number of carbonyl (C=O) groups is 1. The average molecular weight is 418 g/mol. The van der Waals surface area contributed by atoms with Gasteiger partial charge < -0.3 is 14.5 Å². The predicted molar refractivity (Wildman–Crippen MR) is 103 cm³/mol. The standard InChI is InChI=1S/C19H29F3N4O3/c1-13-14(16(28)24-17(23-13)25-7-9-29-10-8-25)5-6-15(27)26(11-18(2,3)4)12-19(20,21)22/h5-12H2,1-4H3,(H,23,24,28). The van der Waals surface area contributed by atoms with Crippen LogP contribution in [-0.4, -0.2) is 66.3 Å². The van der Waals surface area contributed by atoms with E-state index in [9.17, 15) is 22.8 Å². The Labute approximate surface area is 168 Å². The van der Waals surface area contributed by atoms with Gasteiger partial charge in [0.25, 0.3) is 5.56 Å². The topological polar surface area (TPSA) is 78.5 Å². The second kappa shape index (κ2) is 9.15. The van der Waals surface area contributed by atoms with Crippen LogP contribution in [0.1, 0.15) is 38.4 Å². The minimum Gasteiger partial charge on any atom is -0.378 e. The molecule has 10 heteroatoms. The van der Waals surface area contributed by atoms with E-state index in [2.05, 4.69) is 9.97 Å². The van der Waals surface area contributed by atoms with Crippen molar-refractivity contribution in [3.8, 4) is 0 Å². The van der Waals surface area contributed by atoms with E-state index in [-0.39, 0.29) is 24.9 Å². The number of H-pyrrole nitrogens is 1. The monoisotopic (exact) mass is 418 g/mol. The Morgan fingerprint density at radius 2 is 1.83 bits per heavy atom. The van der Waals surface area contributed by atoms with Gasteiger partial charge in [-0.15, -0.1) is 0 Å². The molecule has 29 heavy (non-hydrogen) atoms. The van der Waals surface area contributed by atoms with Gasteiger partial charge in [-0.3, -0.25) is 14.6 Å². The first-order valence-electron chi connectivity index (χ1n) is 9.63. The molecule has 0 radical (unpaired) electrons. The van der Waals surface area contributed by atoms with Crippen LogP contribution in [0.5, 0.6) is 0 Å². The number of anilines is 1. The number of carbonyl (C=O) groups excluding carboxylic acids is 1. The minimum atomic E-state index is -4.48.